The van der Waals surface area contributed by atoms with Crippen molar-refractivity contribution in [2.45, 2.75) is 50.6 Å². The lowest BCUT2D eigenvalue weighted by Crippen LogP contribution is -2.46. The Morgan fingerprint density at radius 2 is 2.32 bits per heavy atom. The van der Waals surface area contributed by atoms with E-state index in [2.05, 4.69) is 10.2 Å². The van der Waals surface area contributed by atoms with Crippen molar-refractivity contribution < 1.29 is 9.21 Å². The molecule has 0 aromatic carbocycles. The average Bonchev–Trinajstić information content (AvgIpc) is 3.07. The van der Waals surface area contributed by atoms with Gasteiger partial charge in [-0.1, -0.05) is 6.42 Å². The minimum absolute atomic E-state index is 0.161. The number of amides is 1. The summed E-state index contributed by atoms with van der Waals surface area (Å²) in [7, 11) is 0. The van der Waals surface area contributed by atoms with Gasteiger partial charge in [0.05, 0.1) is 6.26 Å². The smallest absolute Gasteiger partial charge is 0.220 e. The van der Waals surface area contributed by atoms with E-state index in [0.29, 0.717) is 24.9 Å². The normalized spacial score (nSPS) is 27.2. The van der Waals surface area contributed by atoms with Crippen LogP contribution in [0.2, 0.25) is 0 Å². The number of carbonyl (C=O) groups is 1. The van der Waals surface area contributed by atoms with Gasteiger partial charge < -0.3 is 9.73 Å². The highest BCUT2D eigenvalue weighted by molar-refractivity contribution is 5.76. The maximum absolute atomic E-state index is 12.0. The third-order valence-electron chi connectivity index (χ3n) is 4.38. The molecule has 19 heavy (non-hydrogen) atoms. The van der Waals surface area contributed by atoms with Crippen LogP contribution in [0.4, 0.5) is 0 Å². The third kappa shape index (κ3) is 3.00. The predicted molar refractivity (Wildman–Crippen MR) is 72.8 cm³/mol. The van der Waals surface area contributed by atoms with Crippen molar-refractivity contribution in [3.8, 4) is 0 Å². The molecule has 1 aromatic rings. The quantitative estimate of drug-likeness (QED) is 0.902. The second-order valence-electron chi connectivity index (χ2n) is 5.64. The van der Waals surface area contributed by atoms with Crippen LogP contribution in [0.25, 0.3) is 0 Å². The fraction of sp³-hybridized carbons (Fsp3) is 0.667. The van der Waals surface area contributed by atoms with Crippen LogP contribution >= 0.6 is 0 Å². The molecule has 0 radical (unpaired) electrons. The molecule has 2 fully saturated rings. The molecule has 0 saturated carbocycles. The molecular weight excluding hydrogens is 240 g/mol. The van der Waals surface area contributed by atoms with E-state index < -0.39 is 0 Å². The number of carbonyl (C=O) groups excluding carboxylic acids is 1. The summed E-state index contributed by atoms with van der Waals surface area (Å²) in [6, 6.07) is 4.74. The Morgan fingerprint density at radius 1 is 1.37 bits per heavy atom. The van der Waals surface area contributed by atoms with Crippen LogP contribution in [0.3, 0.4) is 0 Å². The van der Waals surface area contributed by atoms with Gasteiger partial charge in [0.2, 0.25) is 5.91 Å². The van der Waals surface area contributed by atoms with Crippen LogP contribution in [0, 0.1) is 0 Å². The summed E-state index contributed by atoms with van der Waals surface area (Å²) in [4.78, 5) is 14.5. The molecule has 1 aromatic heterocycles. The van der Waals surface area contributed by atoms with Gasteiger partial charge in [0.25, 0.3) is 0 Å². The molecule has 2 unspecified atom stereocenters. The Morgan fingerprint density at radius 3 is 3.16 bits per heavy atom. The number of nitrogens with zero attached hydrogens (tertiary/aromatic N) is 1. The van der Waals surface area contributed by atoms with E-state index in [9.17, 15) is 4.79 Å². The molecule has 3 heterocycles. The third-order valence-corrected chi connectivity index (χ3v) is 4.38. The van der Waals surface area contributed by atoms with Crippen molar-refractivity contribution in [3.63, 3.8) is 0 Å². The van der Waals surface area contributed by atoms with Gasteiger partial charge in [-0.15, -0.1) is 0 Å². The van der Waals surface area contributed by atoms with Crippen LogP contribution in [0.1, 0.15) is 37.9 Å². The summed E-state index contributed by atoms with van der Waals surface area (Å²) in [5.74, 6) is 1.05. The van der Waals surface area contributed by atoms with Crippen LogP contribution in [-0.2, 0) is 11.2 Å². The van der Waals surface area contributed by atoms with Gasteiger partial charge in [-0.2, -0.15) is 0 Å². The van der Waals surface area contributed by atoms with Crippen LogP contribution in [0.15, 0.2) is 22.8 Å². The van der Waals surface area contributed by atoms with Gasteiger partial charge in [-0.05, 0) is 37.9 Å². The largest absolute Gasteiger partial charge is 0.469 e. The number of hydrogen-bond acceptors (Lipinski definition) is 3. The first-order chi connectivity index (χ1) is 9.33. The lowest BCUT2D eigenvalue weighted by atomic mass is 9.99. The molecule has 4 heteroatoms. The first kappa shape index (κ1) is 12.7. The van der Waals surface area contributed by atoms with E-state index in [-0.39, 0.29) is 5.91 Å². The number of piperidine rings is 1. The second-order valence-corrected chi connectivity index (χ2v) is 5.64. The molecule has 104 valence electrons. The minimum Gasteiger partial charge on any atom is -0.469 e. The molecule has 2 atom stereocenters. The molecule has 0 aliphatic carbocycles. The predicted octanol–water partition coefficient (Wildman–Crippen LogP) is 1.96. The van der Waals surface area contributed by atoms with E-state index in [0.717, 1.165) is 18.7 Å². The molecule has 1 amide bonds. The first-order valence-corrected chi connectivity index (χ1v) is 7.39. The summed E-state index contributed by atoms with van der Waals surface area (Å²) in [6.45, 7) is 2.36. The standard InChI is InChI=1S/C15H22N2O2/c18-15(7-6-12-4-3-11-19-12)16-13-8-10-17-9-2-1-5-14(13)17/h3-4,11,13-14H,1-2,5-10H2,(H,16,18). The van der Waals surface area contributed by atoms with Gasteiger partial charge in [0, 0.05) is 31.5 Å². The zero-order valence-electron chi connectivity index (χ0n) is 11.3. The van der Waals surface area contributed by atoms with E-state index in [1.54, 1.807) is 6.26 Å². The summed E-state index contributed by atoms with van der Waals surface area (Å²) < 4.78 is 5.25. The average molecular weight is 262 g/mol. The maximum Gasteiger partial charge on any atom is 0.220 e. The zero-order valence-corrected chi connectivity index (χ0v) is 11.3. The number of rotatable bonds is 4. The van der Waals surface area contributed by atoms with Crippen molar-refractivity contribution in [1.29, 1.82) is 0 Å². The lowest BCUT2D eigenvalue weighted by molar-refractivity contribution is -0.122. The van der Waals surface area contributed by atoms with Crippen molar-refractivity contribution in [2.24, 2.45) is 0 Å². The summed E-state index contributed by atoms with van der Waals surface area (Å²) in [5, 5.41) is 3.22. The molecule has 1 N–H and O–H groups in total. The number of fused-ring (bicyclic) bond motifs is 1. The highest BCUT2D eigenvalue weighted by Gasteiger charge is 2.35. The van der Waals surface area contributed by atoms with E-state index in [1.807, 2.05) is 12.1 Å². The highest BCUT2D eigenvalue weighted by atomic mass is 16.3. The minimum atomic E-state index is 0.161. The highest BCUT2D eigenvalue weighted by Crippen LogP contribution is 2.27. The monoisotopic (exact) mass is 262 g/mol. The van der Waals surface area contributed by atoms with Crippen LogP contribution in [-0.4, -0.2) is 36.0 Å². The fourth-order valence-electron chi connectivity index (χ4n) is 3.39. The summed E-state index contributed by atoms with van der Waals surface area (Å²) >= 11 is 0. The van der Waals surface area contributed by atoms with Crippen LogP contribution < -0.4 is 5.32 Å². The van der Waals surface area contributed by atoms with Crippen molar-refractivity contribution in [3.05, 3.63) is 24.2 Å². The van der Waals surface area contributed by atoms with Crippen LogP contribution in [0.5, 0.6) is 0 Å². The molecule has 0 bridgehead atoms. The number of furan rings is 1. The topological polar surface area (TPSA) is 45.5 Å². The number of aryl methyl sites for hydroxylation is 1. The second kappa shape index (κ2) is 5.78. The molecule has 2 aliphatic heterocycles. The van der Waals surface area contributed by atoms with E-state index in [1.165, 1.54) is 25.8 Å². The maximum atomic E-state index is 12.0. The molecule has 4 nitrogen and oxygen atoms in total. The lowest BCUT2D eigenvalue weighted by Gasteiger charge is -2.32. The van der Waals surface area contributed by atoms with E-state index in [4.69, 9.17) is 4.42 Å². The first-order valence-electron chi connectivity index (χ1n) is 7.39. The summed E-state index contributed by atoms with van der Waals surface area (Å²) in [6.07, 6.45) is 7.84. The molecule has 2 saturated heterocycles. The van der Waals surface area contributed by atoms with Gasteiger partial charge in [0.15, 0.2) is 0 Å². The van der Waals surface area contributed by atoms with Gasteiger partial charge in [-0.25, -0.2) is 0 Å². The van der Waals surface area contributed by atoms with Crippen molar-refractivity contribution in [1.82, 2.24) is 10.2 Å². The Hall–Kier alpha value is -1.29. The van der Waals surface area contributed by atoms with Crippen molar-refractivity contribution in [2.75, 3.05) is 13.1 Å². The molecule has 2 aliphatic rings. The Kier molecular flexibility index (Phi) is 3.87. The number of nitrogens with one attached hydrogen (secondary N) is 1. The van der Waals surface area contributed by atoms with Gasteiger partial charge in [0.1, 0.15) is 5.76 Å². The van der Waals surface area contributed by atoms with Crippen molar-refractivity contribution >= 4 is 5.91 Å². The molecule has 0 spiro atoms. The van der Waals surface area contributed by atoms with Gasteiger partial charge >= 0.3 is 0 Å². The molecular formula is C15H22N2O2. The Labute approximate surface area is 114 Å². The molecule has 3 rings (SSSR count). The summed E-state index contributed by atoms with van der Waals surface area (Å²) in [5.41, 5.74) is 0. The Bertz CT molecular complexity index is 416. The number of hydrogen-bond donors (Lipinski definition) is 1. The van der Waals surface area contributed by atoms with Gasteiger partial charge in [-0.3, -0.25) is 9.69 Å². The Balaban J connectivity index is 1.47. The fourth-order valence-corrected chi connectivity index (χ4v) is 3.39. The SMILES string of the molecule is O=C(CCc1ccco1)NC1CCN2CCCCC12. The zero-order chi connectivity index (χ0) is 13.1. The van der Waals surface area contributed by atoms with E-state index >= 15 is 0 Å².